The molecule has 0 atom stereocenters. The van der Waals surface area contributed by atoms with Gasteiger partial charge in [0, 0.05) is 130 Å². The number of aromatic amines is 2. The Kier molecular flexibility index (Phi) is 60.6. The topological polar surface area (TPSA) is 83.6 Å². The molecule has 0 aliphatic heterocycles. The fraction of sp³-hybridized carbons (Fsp3) is 0.448. The van der Waals surface area contributed by atoms with E-state index < -0.39 is 0 Å². The molecule has 0 aliphatic carbocycles. The van der Waals surface area contributed by atoms with Crippen molar-refractivity contribution in [2.75, 3.05) is 11.5 Å². The second-order valence-corrected chi connectivity index (χ2v) is 16.0. The van der Waals surface area contributed by atoms with Gasteiger partial charge >= 0.3 is 0 Å². The molecule has 2 heterocycles. The minimum Gasteiger partial charge on any atom is -0.398 e. The molecule has 66 heavy (non-hydrogen) atoms. The number of hydrogen-bond donors (Lipinski definition) is 4. The summed E-state index contributed by atoms with van der Waals surface area (Å²) in [4.78, 5) is 7.10. The molecule has 6 rings (SSSR count). The molecule has 6 N–H and O–H groups in total. The number of unbranched alkanes of at least 4 members (excludes halogenated alkanes) is 2. The van der Waals surface area contributed by atoms with Crippen LogP contribution in [0.15, 0.2) is 97.1 Å². The van der Waals surface area contributed by atoms with Gasteiger partial charge in [-0.15, -0.1) is 23.7 Å². The molecule has 0 fully saturated rings. The Labute approximate surface area is 484 Å². The maximum absolute atomic E-state index is 5.51. The van der Waals surface area contributed by atoms with Crippen molar-refractivity contribution in [1.82, 2.24) is 9.97 Å². The molecule has 4 aromatic carbocycles. The van der Waals surface area contributed by atoms with Crippen molar-refractivity contribution >= 4 is 78.4 Å². The minimum absolute atomic E-state index is 0. The van der Waals surface area contributed by atoms with Gasteiger partial charge in [-0.2, -0.15) is 0 Å². The first-order valence-corrected chi connectivity index (χ1v) is 25.3. The van der Waals surface area contributed by atoms with Gasteiger partial charge in [0.05, 0.1) is 0 Å². The molecule has 0 unspecified atom stereocenters. The summed E-state index contributed by atoms with van der Waals surface area (Å²) in [5.41, 5.74) is 21.3. The number of hydrogen-bond acceptors (Lipinski definition) is 2. The Morgan fingerprint density at radius 1 is 0.439 bits per heavy atom. The summed E-state index contributed by atoms with van der Waals surface area (Å²) >= 11 is 4.40. The van der Waals surface area contributed by atoms with Gasteiger partial charge in [0.25, 0.3) is 0 Å². The minimum atomic E-state index is 0. The van der Waals surface area contributed by atoms with Crippen molar-refractivity contribution in [2.45, 2.75) is 175 Å². The van der Waals surface area contributed by atoms with Crippen LogP contribution in [0, 0.1) is 30.8 Å². The molecule has 0 bridgehead atoms. The monoisotopic (exact) mass is 1270 g/mol. The van der Waals surface area contributed by atoms with E-state index in [1.54, 1.807) is 0 Å². The van der Waals surface area contributed by atoms with E-state index in [2.05, 4.69) is 169 Å². The maximum atomic E-state index is 5.51. The van der Waals surface area contributed by atoms with Crippen LogP contribution < -0.4 is 11.5 Å². The molecule has 0 amide bonds. The van der Waals surface area contributed by atoms with Crippen molar-refractivity contribution < 1.29 is 65.4 Å². The number of fused-ring (bicyclic) bond motifs is 2. The summed E-state index contributed by atoms with van der Waals surface area (Å²) in [5, 5.41) is 2.84. The van der Waals surface area contributed by atoms with Gasteiger partial charge in [0.1, 0.15) is 0 Å². The van der Waals surface area contributed by atoms with Crippen LogP contribution in [0.2, 0.25) is 0 Å². The van der Waals surface area contributed by atoms with Crippen LogP contribution in [0.25, 0.3) is 21.8 Å². The number of aryl methyl sites for hydroxylation is 4. The number of nitrogens with one attached hydrogen (secondary N) is 2. The van der Waals surface area contributed by atoms with E-state index in [-0.39, 0.29) is 80.3 Å². The van der Waals surface area contributed by atoms with E-state index in [1.807, 2.05) is 90.1 Å². The first-order chi connectivity index (χ1) is 30.2. The van der Waals surface area contributed by atoms with E-state index in [0.29, 0.717) is 0 Å². The zero-order chi connectivity index (χ0) is 47.0. The summed E-state index contributed by atoms with van der Waals surface area (Å²) in [6.07, 6.45) is 14.1. The largest absolute Gasteiger partial charge is 0.398 e. The van der Waals surface area contributed by atoms with Crippen LogP contribution in [0.3, 0.4) is 0 Å². The molecular weight excluding hydrogens is 1180 g/mol. The normalized spacial score (nSPS) is 8.58. The van der Waals surface area contributed by atoms with Crippen molar-refractivity contribution in [3.8, 4) is 23.7 Å². The second-order valence-electron chi connectivity index (χ2n) is 13.7. The number of rotatable bonds is 10. The third kappa shape index (κ3) is 33.0. The van der Waals surface area contributed by atoms with Crippen LogP contribution in [-0.2, 0) is 91.1 Å². The predicted octanol–water partition coefficient (Wildman–Crippen LogP) is 18.8. The number of nitrogen functional groups attached to an aromatic ring is 2. The van der Waals surface area contributed by atoms with Crippen LogP contribution in [0.4, 0.5) is 11.4 Å². The molecule has 2 aromatic heterocycles. The maximum Gasteiger partial charge on any atom is 0.0458 e. The quantitative estimate of drug-likeness (QED) is 0.0626. The van der Waals surface area contributed by atoms with Crippen LogP contribution >= 0.6 is 45.2 Å². The summed E-state index contributed by atoms with van der Waals surface area (Å²) in [6.45, 7) is 25.0. The molecule has 0 saturated carbocycles. The third-order valence-electron chi connectivity index (χ3n) is 8.72. The average molecular weight is 1280 g/mol. The molecule has 8 heteroatoms. The predicted molar refractivity (Wildman–Crippen MR) is 313 cm³/mol. The van der Waals surface area contributed by atoms with E-state index in [1.165, 1.54) is 109 Å². The van der Waals surface area contributed by atoms with Gasteiger partial charge in [0.15, 0.2) is 0 Å². The number of halogens is 2. The Morgan fingerprint density at radius 2 is 0.727 bits per heavy atom. The van der Waals surface area contributed by atoms with Gasteiger partial charge < -0.3 is 21.4 Å². The molecule has 4 nitrogen and oxygen atoms in total. The van der Waals surface area contributed by atoms with Crippen molar-refractivity contribution in [1.29, 1.82) is 0 Å². The van der Waals surface area contributed by atoms with Crippen LogP contribution in [0.1, 0.15) is 172 Å². The van der Waals surface area contributed by atoms with E-state index >= 15 is 0 Å². The number of benzene rings is 4. The number of nitrogens with two attached hydrogens (primary N) is 2. The summed E-state index contributed by atoms with van der Waals surface area (Å²) < 4.78 is 2.23. The Bertz CT molecular complexity index is 1920. The number of para-hydroxylation sites is 4. The van der Waals surface area contributed by atoms with E-state index in [9.17, 15) is 0 Å². The smallest absolute Gasteiger partial charge is 0.0458 e. The van der Waals surface area contributed by atoms with Crippen molar-refractivity contribution in [2.24, 2.45) is 0 Å². The third-order valence-corrected chi connectivity index (χ3v) is 10.7. The molecule has 2 radical (unpaired) electrons. The van der Waals surface area contributed by atoms with Gasteiger partial charge in [-0.05, 0) is 145 Å². The summed E-state index contributed by atoms with van der Waals surface area (Å²) in [5.74, 6) is 11.5. The average Bonchev–Trinajstić information content (AvgIpc) is 3.84. The van der Waals surface area contributed by atoms with Gasteiger partial charge in [-0.25, -0.2) is 0 Å². The molecule has 0 saturated heterocycles. The zero-order valence-electron chi connectivity index (χ0n) is 41.8. The van der Waals surface area contributed by atoms with Gasteiger partial charge in [-0.3, -0.25) is 0 Å². The molecule has 0 spiro atoms. The second kappa shape index (κ2) is 52.7. The van der Waals surface area contributed by atoms with Crippen molar-refractivity contribution in [3.63, 3.8) is 0 Å². The standard InChI is InChI=1S/2C14H19N.2C6H6IN.2C6H10.2C2H6.2CH4.2Y/c2*1-3-7-11-12-9-5-6-10-14(12)15-13(11)8-4-2;2*7-5-3-1-2-4-6(5)8;2*1-3-5-6-4-2;2*1-2;;;;/h2*5-6,9-10,15H,3-4,7-8H2,1-2H3;2*1-4H,8H2;2*3,5H2,1-2H3;2*1-2H3;2*1H4;;. The van der Waals surface area contributed by atoms with Crippen molar-refractivity contribution in [3.05, 3.63) is 127 Å². The van der Waals surface area contributed by atoms with E-state index in [4.69, 9.17) is 11.5 Å². The fourth-order valence-electron chi connectivity index (χ4n) is 5.96. The van der Waals surface area contributed by atoms with Crippen LogP contribution in [-0.4, -0.2) is 9.97 Å². The van der Waals surface area contributed by atoms with Gasteiger partial charge in [0.2, 0.25) is 0 Å². The molecule has 0 aliphatic rings. The fourth-order valence-corrected chi connectivity index (χ4v) is 6.73. The number of anilines is 2. The molecular formula is C58H90I2N4Y2. The molecule has 6 aromatic rings. The Morgan fingerprint density at radius 3 is 0.955 bits per heavy atom. The molecule has 362 valence electrons. The summed E-state index contributed by atoms with van der Waals surface area (Å²) in [7, 11) is 0. The number of aromatic nitrogens is 2. The van der Waals surface area contributed by atoms with Gasteiger partial charge in [-0.1, -0.05) is 170 Å². The SMILES string of the molecule is C.C.CC.CC.CC#CCCC.CC#CCCC.CCCc1[nH]c2ccccc2c1CCC.CCCc1[nH]c2ccccc2c1CCC.Nc1ccccc1I.Nc1ccccc1I.[Y].[Y]. The van der Waals surface area contributed by atoms with Crippen LogP contribution in [0.5, 0.6) is 0 Å². The first kappa shape index (κ1) is 75.8. The zero-order valence-corrected chi connectivity index (χ0v) is 51.8. The Hall–Kier alpha value is -1.65. The Balaban J connectivity index is -0.000000165. The number of H-pyrrole nitrogens is 2. The first-order valence-electron chi connectivity index (χ1n) is 23.1. The summed E-state index contributed by atoms with van der Waals surface area (Å²) in [6, 6.07) is 32.8. The van der Waals surface area contributed by atoms with E-state index in [0.717, 1.165) is 31.4 Å².